The van der Waals surface area contributed by atoms with Crippen LogP contribution in [0.1, 0.15) is 98.3 Å². The quantitative estimate of drug-likeness (QED) is 0.382. The van der Waals surface area contributed by atoms with Crippen molar-refractivity contribution in [2.45, 2.75) is 116 Å². The fraction of sp³-hybridized carbons (Fsp3) is 0.833. The van der Waals surface area contributed by atoms with Crippen LogP contribution in [-0.2, 0) is 14.3 Å². The maximum Gasteiger partial charge on any atom is 0.417 e. The lowest BCUT2D eigenvalue weighted by Gasteiger charge is -2.43. The van der Waals surface area contributed by atoms with E-state index in [4.69, 9.17) is 4.74 Å². The number of esters is 1. The summed E-state index contributed by atoms with van der Waals surface area (Å²) in [7, 11) is 0. The predicted molar refractivity (Wildman–Crippen MR) is 114 cm³/mol. The lowest BCUT2D eigenvalue weighted by molar-refractivity contribution is -0.272. The van der Waals surface area contributed by atoms with E-state index in [9.17, 15) is 27.9 Å². The van der Waals surface area contributed by atoms with Crippen molar-refractivity contribution in [1.82, 2.24) is 0 Å². The van der Waals surface area contributed by atoms with E-state index in [1.807, 2.05) is 0 Å². The van der Waals surface area contributed by atoms with E-state index >= 15 is 0 Å². The van der Waals surface area contributed by atoms with E-state index in [1.165, 1.54) is 33.1 Å². The Labute approximate surface area is 184 Å². The predicted octanol–water partition coefficient (Wildman–Crippen LogP) is 6.30. The zero-order valence-corrected chi connectivity index (χ0v) is 19.4. The number of carbonyl (C=O) groups is 2. The summed E-state index contributed by atoms with van der Waals surface area (Å²) in [4.78, 5) is 22.7. The first-order chi connectivity index (χ1) is 14.2. The zero-order valence-electron chi connectivity index (χ0n) is 19.4. The molecule has 31 heavy (non-hydrogen) atoms. The number of hydrogen-bond donors (Lipinski definition) is 1. The molecule has 1 N–H and O–H groups in total. The van der Waals surface area contributed by atoms with Crippen LogP contribution < -0.4 is 0 Å². The molecule has 0 aliphatic heterocycles. The van der Waals surface area contributed by atoms with E-state index in [2.05, 4.69) is 6.58 Å². The maximum absolute atomic E-state index is 13.0. The molecule has 2 fully saturated rings. The molecule has 0 amide bonds. The van der Waals surface area contributed by atoms with Gasteiger partial charge in [-0.3, -0.25) is 4.79 Å². The smallest absolute Gasteiger partial charge is 0.417 e. The molecule has 7 heteroatoms. The average molecular weight is 449 g/mol. The molecule has 0 spiro atoms. The highest BCUT2D eigenvalue weighted by Crippen LogP contribution is 2.44. The molecule has 2 aliphatic rings. The van der Waals surface area contributed by atoms with Gasteiger partial charge in [0.1, 0.15) is 11.4 Å². The highest BCUT2D eigenvalue weighted by Gasteiger charge is 2.55. The van der Waals surface area contributed by atoms with Crippen LogP contribution in [0, 0.1) is 11.8 Å². The molecule has 2 unspecified atom stereocenters. The van der Waals surface area contributed by atoms with Crippen LogP contribution in [0.2, 0.25) is 0 Å². The highest BCUT2D eigenvalue weighted by molar-refractivity contribution is 5.87. The molecule has 2 atom stereocenters. The van der Waals surface area contributed by atoms with E-state index < -0.39 is 29.8 Å². The summed E-state index contributed by atoms with van der Waals surface area (Å²) in [6.07, 6.45) is 4.89. The first-order valence-corrected chi connectivity index (χ1v) is 11.4. The fourth-order valence-electron chi connectivity index (χ4n) is 4.57. The highest BCUT2D eigenvalue weighted by atomic mass is 19.4. The largest absolute Gasteiger partial charge is 0.456 e. The van der Waals surface area contributed by atoms with Gasteiger partial charge in [0.2, 0.25) is 0 Å². The van der Waals surface area contributed by atoms with Crippen LogP contribution in [0.25, 0.3) is 0 Å². The average Bonchev–Trinajstić information content (AvgIpc) is 2.68. The third-order valence-corrected chi connectivity index (χ3v) is 6.63. The maximum atomic E-state index is 13.0. The molecule has 2 aliphatic carbocycles. The summed E-state index contributed by atoms with van der Waals surface area (Å²) in [5.74, 6) is -0.0992. The van der Waals surface area contributed by atoms with Crippen LogP contribution in [0.15, 0.2) is 12.2 Å². The summed E-state index contributed by atoms with van der Waals surface area (Å²) in [5.41, 5.74) is -4.14. The lowest BCUT2D eigenvalue weighted by atomic mass is 9.73. The van der Waals surface area contributed by atoms with Crippen molar-refractivity contribution in [1.29, 1.82) is 0 Å². The summed E-state index contributed by atoms with van der Waals surface area (Å²) < 4.78 is 44.4. The summed E-state index contributed by atoms with van der Waals surface area (Å²) in [6, 6.07) is 0. The molecule has 0 heterocycles. The van der Waals surface area contributed by atoms with Gasteiger partial charge in [-0.15, -0.1) is 0 Å². The number of ketones is 1. The first kappa shape index (κ1) is 27.7. The van der Waals surface area contributed by atoms with E-state index in [0.29, 0.717) is 24.5 Å². The number of carbonyl (C=O) groups excluding carboxylic acids is 2. The number of alkyl halides is 3. The molecule has 0 bridgehead atoms. The zero-order chi connectivity index (χ0) is 23.9. The molecule has 180 valence electrons. The Bertz CT molecular complexity index is 615. The Morgan fingerprint density at radius 3 is 1.74 bits per heavy atom. The van der Waals surface area contributed by atoms with Crippen LogP contribution >= 0.6 is 0 Å². The van der Waals surface area contributed by atoms with Crippen LogP contribution in [-0.4, -0.2) is 34.2 Å². The minimum Gasteiger partial charge on any atom is -0.456 e. The Balaban J connectivity index is 0.000000442. The standard InChI is InChI=1S/C16H25F3O3.C8H14O/c1-11(2)13(20)22-14(3,12-8-6-5-7-9-12)10-15(4,21)16(17,18)19;1-7(9)8-5-3-2-4-6-8/h12,21H,1,5-10H2,2-4H3;8H,2-6H2,1H3. The summed E-state index contributed by atoms with van der Waals surface area (Å²) in [6.45, 7) is 8.85. The van der Waals surface area contributed by atoms with E-state index in [1.54, 1.807) is 6.92 Å². The van der Waals surface area contributed by atoms with Crippen molar-refractivity contribution < 1.29 is 32.6 Å². The Kier molecular flexibility index (Phi) is 10.2. The molecule has 2 rings (SSSR count). The van der Waals surface area contributed by atoms with Crippen LogP contribution in [0.4, 0.5) is 13.2 Å². The Morgan fingerprint density at radius 2 is 1.39 bits per heavy atom. The fourth-order valence-corrected chi connectivity index (χ4v) is 4.57. The number of aliphatic hydroxyl groups is 1. The van der Waals surface area contributed by atoms with E-state index in [0.717, 1.165) is 39.0 Å². The topological polar surface area (TPSA) is 63.6 Å². The minimum absolute atomic E-state index is 0.133. The van der Waals surface area contributed by atoms with Crippen LogP contribution in [0.5, 0.6) is 0 Å². The molecular weight excluding hydrogens is 409 g/mol. The van der Waals surface area contributed by atoms with Crippen molar-refractivity contribution in [3.8, 4) is 0 Å². The van der Waals surface area contributed by atoms with Crippen molar-refractivity contribution in [2.24, 2.45) is 11.8 Å². The van der Waals surface area contributed by atoms with Gasteiger partial charge in [-0.1, -0.05) is 45.1 Å². The van der Waals surface area contributed by atoms with Crippen molar-refractivity contribution >= 4 is 11.8 Å². The third-order valence-electron chi connectivity index (χ3n) is 6.63. The molecule has 0 aromatic carbocycles. The third kappa shape index (κ3) is 8.59. The number of halogens is 3. The number of ether oxygens (including phenoxy) is 1. The van der Waals surface area contributed by atoms with Gasteiger partial charge in [0.15, 0.2) is 5.60 Å². The lowest BCUT2D eigenvalue weighted by Crippen LogP contribution is -2.52. The van der Waals surface area contributed by atoms with Crippen molar-refractivity contribution in [2.75, 3.05) is 0 Å². The van der Waals surface area contributed by atoms with Gasteiger partial charge in [-0.05, 0) is 59.3 Å². The first-order valence-electron chi connectivity index (χ1n) is 11.4. The second-order valence-corrected chi connectivity index (χ2v) is 9.71. The van der Waals surface area contributed by atoms with Gasteiger partial charge in [0.05, 0.1) is 0 Å². The number of Topliss-reactive ketones (excluding diaryl/α,β-unsaturated/α-hetero) is 1. The van der Waals surface area contributed by atoms with Gasteiger partial charge in [0.25, 0.3) is 0 Å². The Hall–Kier alpha value is -1.37. The SMILES string of the molecule is C=C(C)C(=O)OC(C)(CC(C)(O)C(F)(F)F)C1CCCCC1.CC(=O)C1CCCCC1. The molecule has 0 aromatic rings. The normalized spacial score (nSPS) is 22.3. The number of rotatable bonds is 6. The molecule has 0 radical (unpaired) electrons. The van der Waals surface area contributed by atoms with Gasteiger partial charge in [0, 0.05) is 17.9 Å². The second-order valence-electron chi connectivity index (χ2n) is 9.71. The molecule has 0 saturated heterocycles. The van der Waals surface area contributed by atoms with Crippen LogP contribution in [0.3, 0.4) is 0 Å². The minimum atomic E-state index is -4.78. The monoisotopic (exact) mass is 448 g/mol. The second kappa shape index (κ2) is 11.5. The van der Waals surface area contributed by atoms with Gasteiger partial charge in [-0.25, -0.2) is 4.79 Å². The van der Waals surface area contributed by atoms with Gasteiger partial charge < -0.3 is 9.84 Å². The molecule has 2 saturated carbocycles. The molecule has 4 nitrogen and oxygen atoms in total. The summed E-state index contributed by atoms with van der Waals surface area (Å²) >= 11 is 0. The molecular formula is C24H39F3O4. The van der Waals surface area contributed by atoms with Gasteiger partial charge in [-0.2, -0.15) is 13.2 Å². The van der Waals surface area contributed by atoms with Gasteiger partial charge >= 0.3 is 12.1 Å². The van der Waals surface area contributed by atoms with Crippen molar-refractivity contribution in [3.63, 3.8) is 0 Å². The molecule has 0 aromatic heterocycles. The number of hydrogen-bond acceptors (Lipinski definition) is 4. The Morgan fingerprint density at radius 1 is 0.935 bits per heavy atom. The summed E-state index contributed by atoms with van der Waals surface area (Å²) in [5, 5.41) is 9.83. The van der Waals surface area contributed by atoms with Crippen molar-refractivity contribution in [3.05, 3.63) is 12.2 Å². The van der Waals surface area contributed by atoms with E-state index in [-0.39, 0.29) is 11.5 Å².